The molecule has 0 aliphatic heterocycles. The van der Waals surface area contributed by atoms with Crippen LogP contribution in [-0.2, 0) is 9.63 Å². The van der Waals surface area contributed by atoms with E-state index in [2.05, 4.69) is 20.5 Å². The van der Waals surface area contributed by atoms with Crippen LogP contribution < -0.4 is 15.6 Å². The van der Waals surface area contributed by atoms with Gasteiger partial charge in [-0.2, -0.15) is 0 Å². The highest BCUT2D eigenvalue weighted by Crippen LogP contribution is 2.33. The number of nitrogens with one attached hydrogen (secondary N) is 3. The first-order valence-corrected chi connectivity index (χ1v) is 6.62. The van der Waals surface area contributed by atoms with Gasteiger partial charge in [0.05, 0.1) is 7.11 Å². The van der Waals surface area contributed by atoms with Gasteiger partial charge in [-0.3, -0.25) is 14.4 Å². The average molecular weight is 298 g/mol. The van der Waals surface area contributed by atoms with Crippen molar-refractivity contribution in [3.63, 3.8) is 0 Å². The van der Waals surface area contributed by atoms with Gasteiger partial charge < -0.3 is 5.32 Å². The normalized spacial score (nSPS) is 16.1. The van der Waals surface area contributed by atoms with Gasteiger partial charge in [-0.1, -0.05) is 0 Å². The SMILES string of the molecule is CONC(=O)c1ccc(NC(=O)C2(NCl)CCC2)cc1. The van der Waals surface area contributed by atoms with Gasteiger partial charge in [0.15, 0.2) is 0 Å². The van der Waals surface area contributed by atoms with Crippen LogP contribution in [0.3, 0.4) is 0 Å². The first kappa shape index (κ1) is 14.8. The third-order valence-electron chi connectivity index (χ3n) is 3.42. The smallest absolute Gasteiger partial charge is 0.274 e. The fraction of sp³-hybridized carbons (Fsp3) is 0.385. The van der Waals surface area contributed by atoms with E-state index in [1.54, 1.807) is 24.3 Å². The lowest BCUT2D eigenvalue weighted by molar-refractivity contribution is -0.124. The van der Waals surface area contributed by atoms with Gasteiger partial charge in [-0.05, 0) is 55.3 Å². The summed E-state index contributed by atoms with van der Waals surface area (Å²) in [6.45, 7) is 0. The number of benzene rings is 1. The molecule has 0 heterocycles. The molecule has 0 spiro atoms. The van der Waals surface area contributed by atoms with Crippen molar-refractivity contribution in [1.29, 1.82) is 0 Å². The average Bonchev–Trinajstić information content (AvgIpc) is 2.39. The van der Waals surface area contributed by atoms with Gasteiger partial charge >= 0.3 is 0 Å². The number of carbonyl (C=O) groups is 2. The maximum absolute atomic E-state index is 12.1. The predicted molar refractivity (Wildman–Crippen MR) is 75.1 cm³/mol. The summed E-state index contributed by atoms with van der Waals surface area (Å²) in [6, 6.07) is 6.52. The summed E-state index contributed by atoms with van der Waals surface area (Å²) in [5.41, 5.74) is 2.60. The van der Waals surface area contributed by atoms with Crippen LogP contribution >= 0.6 is 11.8 Å². The molecule has 1 saturated carbocycles. The molecule has 7 heteroatoms. The van der Waals surface area contributed by atoms with Crippen LogP contribution in [-0.4, -0.2) is 24.5 Å². The molecule has 1 aliphatic rings. The number of halogens is 1. The molecule has 0 atom stereocenters. The second-order valence-corrected chi connectivity index (χ2v) is 4.89. The zero-order valence-electron chi connectivity index (χ0n) is 11.0. The largest absolute Gasteiger partial charge is 0.324 e. The highest BCUT2D eigenvalue weighted by atomic mass is 35.5. The standard InChI is InChI=1S/C13H16ClN3O3/c1-20-16-11(18)9-3-5-10(6-4-9)15-12(19)13(17-14)7-2-8-13/h3-6,17H,2,7-8H2,1H3,(H,15,19)(H,16,18). The fourth-order valence-corrected chi connectivity index (χ4v) is 2.28. The molecule has 1 aliphatic carbocycles. The number of amides is 2. The van der Waals surface area contributed by atoms with Crippen molar-refractivity contribution >= 4 is 29.3 Å². The van der Waals surface area contributed by atoms with E-state index >= 15 is 0 Å². The molecule has 20 heavy (non-hydrogen) atoms. The van der Waals surface area contributed by atoms with Crippen molar-refractivity contribution in [2.75, 3.05) is 12.4 Å². The van der Waals surface area contributed by atoms with E-state index in [0.717, 1.165) is 19.3 Å². The third kappa shape index (κ3) is 2.92. The van der Waals surface area contributed by atoms with Crippen molar-refractivity contribution in [3.8, 4) is 0 Å². The van der Waals surface area contributed by atoms with Crippen LogP contribution in [0.15, 0.2) is 24.3 Å². The Kier molecular flexibility index (Phi) is 4.59. The van der Waals surface area contributed by atoms with Gasteiger partial charge in [0, 0.05) is 11.3 Å². The number of hydrogen-bond acceptors (Lipinski definition) is 4. The van der Waals surface area contributed by atoms with Crippen LogP contribution in [0.4, 0.5) is 5.69 Å². The molecule has 0 unspecified atom stereocenters. The monoisotopic (exact) mass is 297 g/mol. The molecule has 0 saturated heterocycles. The predicted octanol–water partition coefficient (Wildman–Crippen LogP) is 1.58. The minimum Gasteiger partial charge on any atom is -0.324 e. The lowest BCUT2D eigenvalue weighted by Crippen LogP contribution is -2.56. The summed E-state index contributed by atoms with van der Waals surface area (Å²) in [7, 11) is 1.36. The van der Waals surface area contributed by atoms with Crippen LogP contribution in [0.1, 0.15) is 29.6 Å². The van der Waals surface area contributed by atoms with Gasteiger partial charge in [0.25, 0.3) is 5.91 Å². The molecule has 1 fully saturated rings. The Morgan fingerprint density at radius 3 is 2.35 bits per heavy atom. The summed E-state index contributed by atoms with van der Waals surface area (Å²) < 4.78 is 0. The number of hydrogen-bond donors (Lipinski definition) is 3. The van der Waals surface area contributed by atoms with Crippen LogP contribution in [0.5, 0.6) is 0 Å². The van der Waals surface area contributed by atoms with Gasteiger partial charge in [-0.15, -0.1) is 0 Å². The quantitative estimate of drug-likeness (QED) is 0.569. The maximum Gasteiger partial charge on any atom is 0.274 e. The number of anilines is 1. The Hall–Kier alpha value is -1.63. The highest BCUT2D eigenvalue weighted by Gasteiger charge is 2.43. The Labute approximate surface area is 121 Å². The number of hydroxylamine groups is 1. The summed E-state index contributed by atoms with van der Waals surface area (Å²) in [5.74, 6) is -0.504. The van der Waals surface area contributed by atoms with Crippen LogP contribution in [0, 0.1) is 0 Å². The minimum absolute atomic E-state index is 0.159. The van der Waals surface area contributed by atoms with Crippen molar-refractivity contribution in [1.82, 2.24) is 10.3 Å². The van der Waals surface area contributed by atoms with Gasteiger partial charge in [0.1, 0.15) is 5.54 Å². The summed E-state index contributed by atoms with van der Waals surface area (Å²) in [4.78, 5) is 30.7. The topological polar surface area (TPSA) is 79.5 Å². The number of carbonyl (C=O) groups excluding carboxylic acids is 2. The minimum atomic E-state index is -0.673. The van der Waals surface area contributed by atoms with E-state index in [4.69, 9.17) is 11.8 Å². The molecule has 0 aromatic heterocycles. The summed E-state index contributed by atoms with van der Waals surface area (Å²) in [6.07, 6.45) is 2.41. The van der Waals surface area contributed by atoms with E-state index in [9.17, 15) is 9.59 Å². The van der Waals surface area contributed by atoms with Crippen LogP contribution in [0.25, 0.3) is 0 Å². The molecule has 6 nitrogen and oxygen atoms in total. The number of rotatable bonds is 5. The Morgan fingerprint density at radius 2 is 1.90 bits per heavy atom. The third-order valence-corrected chi connectivity index (χ3v) is 3.78. The van der Waals surface area contributed by atoms with Gasteiger partial charge in [-0.25, -0.2) is 10.3 Å². The molecule has 0 radical (unpaired) electrons. The van der Waals surface area contributed by atoms with E-state index in [-0.39, 0.29) is 11.8 Å². The summed E-state index contributed by atoms with van der Waals surface area (Å²) >= 11 is 5.65. The Morgan fingerprint density at radius 1 is 1.25 bits per heavy atom. The molecule has 0 bridgehead atoms. The van der Waals surface area contributed by atoms with Crippen molar-refractivity contribution in [2.45, 2.75) is 24.8 Å². The van der Waals surface area contributed by atoms with E-state index in [1.165, 1.54) is 7.11 Å². The first-order chi connectivity index (χ1) is 9.61. The molecule has 3 N–H and O–H groups in total. The second-order valence-electron chi connectivity index (χ2n) is 4.70. The fourth-order valence-electron chi connectivity index (χ4n) is 2.00. The van der Waals surface area contributed by atoms with E-state index in [0.29, 0.717) is 11.3 Å². The second kappa shape index (κ2) is 6.21. The molecule has 108 valence electrons. The summed E-state index contributed by atoms with van der Waals surface area (Å²) in [5, 5.41) is 2.78. The molecule has 1 aromatic carbocycles. The van der Waals surface area contributed by atoms with Crippen molar-refractivity contribution in [3.05, 3.63) is 29.8 Å². The molecular weight excluding hydrogens is 282 g/mol. The maximum atomic E-state index is 12.1. The highest BCUT2D eigenvalue weighted by molar-refractivity contribution is 6.17. The Bertz CT molecular complexity index is 495. The lowest BCUT2D eigenvalue weighted by Gasteiger charge is -2.38. The molecule has 2 rings (SSSR count). The van der Waals surface area contributed by atoms with Crippen molar-refractivity contribution in [2.24, 2.45) is 0 Å². The zero-order chi connectivity index (χ0) is 14.6. The van der Waals surface area contributed by atoms with Gasteiger partial charge in [0.2, 0.25) is 5.91 Å². The first-order valence-electron chi connectivity index (χ1n) is 6.24. The zero-order valence-corrected chi connectivity index (χ0v) is 11.8. The van der Waals surface area contributed by atoms with Crippen molar-refractivity contribution < 1.29 is 14.4 Å². The van der Waals surface area contributed by atoms with E-state index in [1.807, 2.05) is 0 Å². The molecule has 1 aromatic rings. The van der Waals surface area contributed by atoms with E-state index < -0.39 is 5.54 Å². The Balaban J connectivity index is 2.00. The molecule has 2 amide bonds. The van der Waals surface area contributed by atoms with Crippen LogP contribution in [0.2, 0.25) is 0 Å². The molecular formula is C13H16ClN3O3. The lowest BCUT2D eigenvalue weighted by atomic mass is 9.77.